The van der Waals surface area contributed by atoms with Crippen LogP contribution < -0.4 is 0 Å². The fraction of sp³-hybridized carbons (Fsp3) is 0.455. The first-order valence-electron chi connectivity index (χ1n) is 4.34. The smallest absolute Gasteiger partial charge is 0.0207 e. The molecule has 0 N–H and O–H groups in total. The van der Waals surface area contributed by atoms with E-state index in [2.05, 4.69) is 54.9 Å². The topological polar surface area (TPSA) is 0 Å². The molecule has 66 valence electrons. The molecule has 0 radical (unpaired) electrons. The van der Waals surface area contributed by atoms with Crippen LogP contribution in [0.2, 0.25) is 0 Å². The molecule has 12 heavy (non-hydrogen) atoms. The minimum Gasteiger partial charge on any atom is -0.0625 e. The molecule has 0 saturated carbocycles. The Labute approximate surface area is 83.1 Å². The van der Waals surface area contributed by atoms with E-state index in [-0.39, 0.29) is 0 Å². The Balaban J connectivity index is 2.82. The highest BCUT2D eigenvalue weighted by atomic mass is 79.9. The summed E-state index contributed by atoms with van der Waals surface area (Å²) in [4.78, 5) is 0. The van der Waals surface area contributed by atoms with E-state index in [1.165, 1.54) is 22.0 Å². The van der Waals surface area contributed by atoms with Crippen molar-refractivity contribution in [1.82, 2.24) is 0 Å². The van der Waals surface area contributed by atoms with Gasteiger partial charge in [0.1, 0.15) is 0 Å². The van der Waals surface area contributed by atoms with Crippen molar-refractivity contribution in [3.8, 4) is 0 Å². The normalized spacial score (nSPS) is 10.8. The number of hydrogen-bond acceptors (Lipinski definition) is 0. The quantitative estimate of drug-likeness (QED) is 0.717. The molecule has 0 aliphatic carbocycles. The summed E-state index contributed by atoms with van der Waals surface area (Å²) in [5.41, 5.74) is 2.73. The molecule has 1 heteroatoms. The molecule has 0 aliphatic rings. The number of aryl methyl sites for hydroxylation is 1. The lowest BCUT2D eigenvalue weighted by Crippen LogP contribution is -1.93. The van der Waals surface area contributed by atoms with E-state index in [4.69, 9.17) is 0 Å². The Morgan fingerprint density at radius 3 is 2.50 bits per heavy atom. The molecule has 1 rings (SSSR count). The maximum atomic E-state index is 3.54. The van der Waals surface area contributed by atoms with Gasteiger partial charge in [-0.1, -0.05) is 41.9 Å². The van der Waals surface area contributed by atoms with E-state index in [0.29, 0.717) is 0 Å². The molecule has 0 aromatic heterocycles. The van der Waals surface area contributed by atoms with Crippen LogP contribution in [0.5, 0.6) is 0 Å². The Hall–Kier alpha value is -0.300. The van der Waals surface area contributed by atoms with Crippen molar-refractivity contribution < 1.29 is 0 Å². The van der Waals surface area contributed by atoms with Crippen LogP contribution in [0.3, 0.4) is 0 Å². The van der Waals surface area contributed by atoms with Crippen LogP contribution in [0.15, 0.2) is 22.7 Å². The molecule has 0 aliphatic heterocycles. The van der Waals surface area contributed by atoms with Gasteiger partial charge in [0, 0.05) is 4.47 Å². The van der Waals surface area contributed by atoms with Gasteiger partial charge in [-0.15, -0.1) is 0 Å². The van der Waals surface area contributed by atoms with Crippen molar-refractivity contribution in [2.45, 2.75) is 27.2 Å². The molecule has 1 aromatic rings. The molecule has 0 spiro atoms. The van der Waals surface area contributed by atoms with Crippen molar-refractivity contribution in [2.24, 2.45) is 5.92 Å². The van der Waals surface area contributed by atoms with Gasteiger partial charge in [0.05, 0.1) is 0 Å². The van der Waals surface area contributed by atoms with E-state index in [9.17, 15) is 0 Å². The highest BCUT2D eigenvalue weighted by Crippen LogP contribution is 2.19. The monoisotopic (exact) mass is 226 g/mol. The van der Waals surface area contributed by atoms with Crippen LogP contribution in [-0.2, 0) is 6.42 Å². The summed E-state index contributed by atoms with van der Waals surface area (Å²) in [7, 11) is 0. The molecule has 0 heterocycles. The lowest BCUT2D eigenvalue weighted by Gasteiger charge is -2.06. The zero-order valence-electron chi connectivity index (χ0n) is 7.89. The Bertz CT molecular complexity index is 264. The van der Waals surface area contributed by atoms with Crippen LogP contribution >= 0.6 is 15.9 Å². The van der Waals surface area contributed by atoms with E-state index >= 15 is 0 Å². The third-order valence-electron chi connectivity index (χ3n) is 1.88. The van der Waals surface area contributed by atoms with Crippen molar-refractivity contribution in [3.63, 3.8) is 0 Å². The van der Waals surface area contributed by atoms with Crippen LogP contribution in [0.1, 0.15) is 25.0 Å². The third kappa shape index (κ3) is 2.63. The summed E-state index contributed by atoms with van der Waals surface area (Å²) in [6, 6.07) is 6.59. The van der Waals surface area contributed by atoms with E-state index in [1.54, 1.807) is 0 Å². The third-order valence-corrected chi connectivity index (χ3v) is 2.73. The predicted molar refractivity (Wildman–Crippen MR) is 57.4 cm³/mol. The van der Waals surface area contributed by atoms with Gasteiger partial charge in [0.2, 0.25) is 0 Å². The molecule has 1 aromatic carbocycles. The summed E-state index contributed by atoms with van der Waals surface area (Å²) >= 11 is 3.54. The molecule has 0 amide bonds. The summed E-state index contributed by atoms with van der Waals surface area (Å²) < 4.78 is 1.22. The minimum absolute atomic E-state index is 0.736. The lowest BCUT2D eigenvalue weighted by molar-refractivity contribution is 0.647. The largest absolute Gasteiger partial charge is 0.0625 e. The number of benzene rings is 1. The first-order valence-corrected chi connectivity index (χ1v) is 5.14. The number of halogens is 1. The molecule has 0 unspecified atom stereocenters. The van der Waals surface area contributed by atoms with E-state index in [0.717, 1.165) is 5.92 Å². The van der Waals surface area contributed by atoms with Crippen molar-refractivity contribution in [1.29, 1.82) is 0 Å². The molecule has 0 saturated heterocycles. The highest BCUT2D eigenvalue weighted by molar-refractivity contribution is 9.10. The van der Waals surface area contributed by atoms with Gasteiger partial charge < -0.3 is 0 Å². The average molecular weight is 227 g/mol. The summed E-state index contributed by atoms with van der Waals surface area (Å²) in [5.74, 6) is 0.736. The second-order valence-electron chi connectivity index (χ2n) is 3.68. The lowest BCUT2D eigenvalue weighted by atomic mass is 10.0. The van der Waals surface area contributed by atoms with Gasteiger partial charge >= 0.3 is 0 Å². The van der Waals surface area contributed by atoms with Crippen molar-refractivity contribution >= 4 is 15.9 Å². The molecular weight excluding hydrogens is 212 g/mol. The van der Waals surface area contributed by atoms with Crippen LogP contribution in [-0.4, -0.2) is 0 Å². The first kappa shape index (κ1) is 9.79. The fourth-order valence-corrected chi connectivity index (χ4v) is 1.66. The Kier molecular flexibility index (Phi) is 3.33. The highest BCUT2D eigenvalue weighted by Gasteiger charge is 1.99. The van der Waals surface area contributed by atoms with E-state index < -0.39 is 0 Å². The van der Waals surface area contributed by atoms with Gasteiger partial charge in [-0.2, -0.15) is 0 Å². The second-order valence-corrected chi connectivity index (χ2v) is 4.54. The van der Waals surface area contributed by atoms with Crippen LogP contribution in [0, 0.1) is 12.8 Å². The summed E-state index contributed by atoms with van der Waals surface area (Å²) in [6.45, 7) is 6.60. The Morgan fingerprint density at radius 2 is 2.00 bits per heavy atom. The molecule has 0 nitrogen and oxygen atoms in total. The minimum atomic E-state index is 0.736. The second kappa shape index (κ2) is 4.08. The molecular formula is C11H15Br. The molecule has 0 bridgehead atoms. The zero-order chi connectivity index (χ0) is 9.14. The van der Waals surface area contributed by atoms with Crippen molar-refractivity contribution in [2.75, 3.05) is 0 Å². The zero-order valence-corrected chi connectivity index (χ0v) is 9.48. The van der Waals surface area contributed by atoms with Gasteiger partial charge in [-0.3, -0.25) is 0 Å². The van der Waals surface area contributed by atoms with Gasteiger partial charge in [0.25, 0.3) is 0 Å². The fourth-order valence-electron chi connectivity index (χ4n) is 1.23. The molecule has 0 atom stereocenters. The number of rotatable bonds is 2. The predicted octanol–water partition coefficient (Wildman–Crippen LogP) is 3.96. The average Bonchev–Trinajstić information content (AvgIpc) is 1.96. The summed E-state index contributed by atoms with van der Waals surface area (Å²) in [5, 5.41) is 0. The van der Waals surface area contributed by atoms with Gasteiger partial charge in [0.15, 0.2) is 0 Å². The maximum Gasteiger partial charge on any atom is 0.0207 e. The maximum absolute atomic E-state index is 3.54. The van der Waals surface area contributed by atoms with Crippen LogP contribution in [0.4, 0.5) is 0 Å². The summed E-state index contributed by atoms with van der Waals surface area (Å²) in [6.07, 6.45) is 1.17. The molecule has 0 fully saturated rings. The van der Waals surface area contributed by atoms with Crippen molar-refractivity contribution in [3.05, 3.63) is 33.8 Å². The van der Waals surface area contributed by atoms with Gasteiger partial charge in [-0.25, -0.2) is 0 Å². The van der Waals surface area contributed by atoms with E-state index in [1.807, 2.05) is 0 Å². The standard InChI is InChI=1S/C11H15Br/c1-8(2)6-10-5-4-9(3)11(12)7-10/h4-5,7-8H,6H2,1-3H3. The number of hydrogen-bond donors (Lipinski definition) is 0. The van der Waals surface area contributed by atoms with Crippen LogP contribution in [0.25, 0.3) is 0 Å². The van der Waals surface area contributed by atoms with Gasteiger partial charge in [-0.05, 0) is 36.5 Å². The Morgan fingerprint density at radius 1 is 1.33 bits per heavy atom. The first-order chi connectivity index (χ1) is 5.59. The SMILES string of the molecule is Cc1ccc(CC(C)C)cc1Br.